The molecular formula is C17H10ClN3S. The van der Waals surface area contributed by atoms with Crippen LogP contribution in [0.1, 0.15) is 0 Å². The van der Waals surface area contributed by atoms with Crippen molar-refractivity contribution in [1.29, 1.82) is 0 Å². The summed E-state index contributed by atoms with van der Waals surface area (Å²) >= 11 is 7.54. The van der Waals surface area contributed by atoms with E-state index in [4.69, 9.17) is 11.6 Å². The number of halogens is 1. The lowest BCUT2D eigenvalue weighted by atomic mass is 10.2. The van der Waals surface area contributed by atoms with E-state index >= 15 is 0 Å². The van der Waals surface area contributed by atoms with Crippen LogP contribution in [0.4, 0.5) is 0 Å². The van der Waals surface area contributed by atoms with Crippen molar-refractivity contribution < 1.29 is 0 Å². The average molecular weight is 324 g/mol. The molecule has 0 N–H and O–H groups in total. The van der Waals surface area contributed by atoms with Crippen LogP contribution in [-0.4, -0.2) is 15.2 Å². The maximum absolute atomic E-state index is 5.94. The van der Waals surface area contributed by atoms with E-state index in [0.717, 1.165) is 31.4 Å². The number of rotatable bonds is 2. The smallest absolute Gasteiger partial charge is 0.183 e. The fourth-order valence-electron chi connectivity index (χ4n) is 2.21. The highest BCUT2D eigenvalue weighted by Crippen LogP contribution is 2.32. The van der Waals surface area contributed by atoms with Gasteiger partial charge in [0.15, 0.2) is 5.82 Å². The zero-order valence-corrected chi connectivity index (χ0v) is 13.0. The molecule has 0 spiro atoms. The minimum absolute atomic E-state index is 0.651. The van der Waals surface area contributed by atoms with Crippen molar-refractivity contribution in [2.75, 3.05) is 0 Å². The summed E-state index contributed by atoms with van der Waals surface area (Å²) in [6.07, 6.45) is 0. The summed E-state index contributed by atoms with van der Waals surface area (Å²) in [7, 11) is 0. The Hall–Kier alpha value is -2.30. The second kappa shape index (κ2) is 5.48. The second-order valence-electron chi connectivity index (χ2n) is 4.81. The number of hydrogen-bond acceptors (Lipinski definition) is 4. The predicted molar refractivity (Wildman–Crippen MR) is 91.1 cm³/mol. The van der Waals surface area contributed by atoms with Gasteiger partial charge in [-0.25, -0.2) is 4.98 Å². The number of aromatic nitrogens is 3. The summed E-state index contributed by atoms with van der Waals surface area (Å²) in [4.78, 5) is 6.63. The van der Waals surface area contributed by atoms with Gasteiger partial charge in [0.1, 0.15) is 10.3 Å². The van der Waals surface area contributed by atoms with Crippen LogP contribution in [0.2, 0.25) is 5.02 Å². The van der Waals surface area contributed by atoms with Crippen molar-refractivity contribution >= 4 is 33.3 Å². The molecule has 0 fully saturated rings. The van der Waals surface area contributed by atoms with E-state index in [1.54, 1.807) is 11.3 Å². The molecule has 4 rings (SSSR count). The lowest BCUT2D eigenvalue weighted by Crippen LogP contribution is -1.90. The standard InChI is InChI=1S/C17H10ClN3S/c18-13-8-6-11(7-9-13)15-10-14-17(22-15)19-16(21-20-14)12-4-2-1-3-5-12/h1-10H. The summed E-state index contributed by atoms with van der Waals surface area (Å²) in [5, 5.41) is 9.25. The van der Waals surface area contributed by atoms with Crippen LogP contribution in [0.5, 0.6) is 0 Å². The minimum Gasteiger partial charge on any atom is -0.214 e. The molecule has 3 nitrogen and oxygen atoms in total. The molecule has 0 atom stereocenters. The first kappa shape index (κ1) is 13.4. The number of thiophene rings is 1. The summed E-state index contributed by atoms with van der Waals surface area (Å²) in [6.45, 7) is 0. The van der Waals surface area contributed by atoms with Gasteiger partial charge in [-0.15, -0.1) is 21.5 Å². The average Bonchev–Trinajstić information content (AvgIpc) is 2.99. The largest absolute Gasteiger partial charge is 0.214 e. The normalized spacial score (nSPS) is 11.0. The quantitative estimate of drug-likeness (QED) is 0.516. The summed E-state index contributed by atoms with van der Waals surface area (Å²) in [5.41, 5.74) is 2.89. The lowest BCUT2D eigenvalue weighted by molar-refractivity contribution is 1.04. The fourth-order valence-corrected chi connectivity index (χ4v) is 3.30. The van der Waals surface area contributed by atoms with Crippen molar-refractivity contribution in [3.8, 4) is 21.8 Å². The van der Waals surface area contributed by atoms with E-state index in [9.17, 15) is 0 Å². The van der Waals surface area contributed by atoms with Crippen molar-refractivity contribution in [2.24, 2.45) is 0 Å². The van der Waals surface area contributed by atoms with Gasteiger partial charge >= 0.3 is 0 Å². The molecule has 0 aliphatic carbocycles. The Labute approximate surface area is 136 Å². The van der Waals surface area contributed by atoms with E-state index in [-0.39, 0.29) is 0 Å². The Balaban J connectivity index is 1.80. The van der Waals surface area contributed by atoms with Crippen molar-refractivity contribution in [2.45, 2.75) is 0 Å². The summed E-state index contributed by atoms with van der Waals surface area (Å²) in [5.74, 6) is 0.651. The van der Waals surface area contributed by atoms with Crippen LogP contribution in [0, 0.1) is 0 Å². The maximum atomic E-state index is 5.94. The van der Waals surface area contributed by atoms with Crippen molar-refractivity contribution in [3.05, 3.63) is 65.7 Å². The monoisotopic (exact) mass is 323 g/mol. The van der Waals surface area contributed by atoms with Gasteiger partial charge in [-0.1, -0.05) is 54.1 Å². The predicted octanol–water partition coefficient (Wildman–Crippen LogP) is 5.07. The van der Waals surface area contributed by atoms with E-state index in [2.05, 4.69) is 15.2 Å². The molecule has 106 valence electrons. The first-order chi connectivity index (χ1) is 10.8. The first-order valence-electron chi connectivity index (χ1n) is 6.75. The van der Waals surface area contributed by atoms with Gasteiger partial charge in [-0.05, 0) is 23.8 Å². The van der Waals surface area contributed by atoms with Gasteiger partial charge in [0, 0.05) is 15.5 Å². The molecule has 0 amide bonds. The van der Waals surface area contributed by atoms with Crippen molar-refractivity contribution in [3.63, 3.8) is 0 Å². The Kier molecular flexibility index (Phi) is 3.33. The maximum Gasteiger partial charge on any atom is 0.183 e. The third-order valence-electron chi connectivity index (χ3n) is 3.31. The third-order valence-corrected chi connectivity index (χ3v) is 4.63. The first-order valence-corrected chi connectivity index (χ1v) is 7.95. The highest BCUT2D eigenvalue weighted by molar-refractivity contribution is 7.21. The molecule has 2 aromatic carbocycles. The Morgan fingerprint density at radius 3 is 2.36 bits per heavy atom. The molecular weight excluding hydrogens is 314 g/mol. The van der Waals surface area contributed by atoms with Crippen LogP contribution < -0.4 is 0 Å². The Bertz CT molecular complexity index is 933. The minimum atomic E-state index is 0.651. The number of hydrogen-bond donors (Lipinski definition) is 0. The Morgan fingerprint density at radius 2 is 1.59 bits per heavy atom. The van der Waals surface area contributed by atoms with Gasteiger partial charge < -0.3 is 0 Å². The van der Waals surface area contributed by atoms with Gasteiger partial charge in [-0.2, -0.15) is 0 Å². The molecule has 0 saturated carbocycles. The third kappa shape index (κ3) is 2.47. The van der Waals surface area contributed by atoms with Gasteiger partial charge in [-0.3, -0.25) is 0 Å². The zero-order chi connectivity index (χ0) is 14.9. The summed E-state index contributed by atoms with van der Waals surface area (Å²) < 4.78 is 0. The molecule has 4 aromatic rings. The number of fused-ring (bicyclic) bond motifs is 1. The van der Waals surface area contributed by atoms with Crippen LogP contribution in [0.15, 0.2) is 60.7 Å². The second-order valence-corrected chi connectivity index (χ2v) is 6.28. The SMILES string of the molecule is Clc1ccc(-c2cc3nnc(-c4ccccc4)nc3s2)cc1. The van der Waals surface area contributed by atoms with E-state index in [0.29, 0.717) is 5.82 Å². The summed E-state index contributed by atoms with van der Waals surface area (Å²) in [6, 6.07) is 19.7. The van der Waals surface area contributed by atoms with Crippen molar-refractivity contribution in [1.82, 2.24) is 15.2 Å². The van der Waals surface area contributed by atoms with E-state index in [1.807, 2.05) is 60.7 Å². The fraction of sp³-hybridized carbons (Fsp3) is 0. The lowest BCUT2D eigenvalue weighted by Gasteiger charge is -1.97. The molecule has 0 radical (unpaired) electrons. The molecule has 0 bridgehead atoms. The van der Waals surface area contributed by atoms with Crippen LogP contribution in [-0.2, 0) is 0 Å². The zero-order valence-electron chi connectivity index (χ0n) is 11.4. The molecule has 0 unspecified atom stereocenters. The Morgan fingerprint density at radius 1 is 0.818 bits per heavy atom. The van der Waals surface area contributed by atoms with Gasteiger partial charge in [0.05, 0.1) is 0 Å². The van der Waals surface area contributed by atoms with Crippen LogP contribution in [0.25, 0.3) is 32.2 Å². The highest BCUT2D eigenvalue weighted by Gasteiger charge is 2.09. The van der Waals surface area contributed by atoms with E-state index in [1.165, 1.54) is 0 Å². The molecule has 5 heteroatoms. The molecule has 22 heavy (non-hydrogen) atoms. The number of benzene rings is 2. The highest BCUT2D eigenvalue weighted by atomic mass is 35.5. The van der Waals surface area contributed by atoms with Gasteiger partial charge in [0.25, 0.3) is 0 Å². The van der Waals surface area contributed by atoms with Gasteiger partial charge in [0.2, 0.25) is 0 Å². The van der Waals surface area contributed by atoms with Crippen LogP contribution in [0.3, 0.4) is 0 Å². The molecule has 0 saturated heterocycles. The molecule has 0 aliphatic rings. The molecule has 2 heterocycles. The topological polar surface area (TPSA) is 38.7 Å². The number of nitrogens with zero attached hydrogens (tertiary/aromatic N) is 3. The van der Waals surface area contributed by atoms with Crippen LogP contribution >= 0.6 is 22.9 Å². The molecule has 0 aliphatic heterocycles. The molecule has 2 aromatic heterocycles. The van der Waals surface area contributed by atoms with E-state index < -0.39 is 0 Å².